The molecule has 0 heteroatoms. The van der Waals surface area contributed by atoms with Crippen molar-refractivity contribution in [3.8, 4) is 0 Å². The average molecular weight is 248 g/mol. The molecule has 0 unspecified atom stereocenters. The number of hydrogen-bond donors (Lipinski definition) is 0. The van der Waals surface area contributed by atoms with Crippen molar-refractivity contribution in [1.82, 2.24) is 0 Å². The zero-order valence-corrected chi connectivity index (χ0v) is 11.7. The van der Waals surface area contributed by atoms with Crippen molar-refractivity contribution in [3.63, 3.8) is 0 Å². The van der Waals surface area contributed by atoms with Crippen molar-refractivity contribution >= 4 is 5.57 Å². The van der Waals surface area contributed by atoms with E-state index in [-0.39, 0.29) is 0 Å². The van der Waals surface area contributed by atoms with E-state index in [0.29, 0.717) is 0 Å². The zero-order chi connectivity index (χ0) is 13.2. The van der Waals surface area contributed by atoms with Gasteiger partial charge in [-0.1, -0.05) is 54.2 Å². The molecule has 2 aliphatic rings. The van der Waals surface area contributed by atoms with Crippen molar-refractivity contribution in [2.75, 3.05) is 0 Å². The van der Waals surface area contributed by atoms with Gasteiger partial charge in [0.25, 0.3) is 0 Å². The van der Waals surface area contributed by atoms with E-state index in [1.165, 1.54) is 22.3 Å². The molecule has 0 fully saturated rings. The molecule has 0 aliphatic heterocycles. The first-order valence-electron chi connectivity index (χ1n) is 7.09. The summed E-state index contributed by atoms with van der Waals surface area (Å²) in [6.45, 7) is 4.29. The molecule has 0 heterocycles. The largest absolute Gasteiger partial charge is 0.0877 e. The minimum atomic E-state index is 1.05. The molecular weight excluding hydrogens is 228 g/mol. The lowest BCUT2D eigenvalue weighted by Crippen LogP contribution is -1.97. The molecule has 0 saturated carbocycles. The SMILES string of the molecule is C/C=C/C=C\Cc1c(C)ccc2c1CC1=C2C=CC1. The Hall–Kier alpha value is -1.82. The van der Waals surface area contributed by atoms with E-state index >= 15 is 0 Å². The Balaban J connectivity index is 1.95. The fraction of sp³-hybridized carbons (Fsp3) is 0.263. The predicted molar refractivity (Wildman–Crippen MR) is 83.2 cm³/mol. The molecule has 0 radical (unpaired) electrons. The molecule has 0 nitrogen and oxygen atoms in total. The number of allylic oxidation sites excluding steroid dienone is 8. The molecule has 1 aromatic rings. The fourth-order valence-electron chi connectivity index (χ4n) is 3.13. The van der Waals surface area contributed by atoms with Crippen molar-refractivity contribution < 1.29 is 0 Å². The second-order valence-electron chi connectivity index (χ2n) is 5.35. The summed E-state index contributed by atoms with van der Waals surface area (Å²) in [5.41, 5.74) is 9.10. The van der Waals surface area contributed by atoms with Crippen molar-refractivity contribution in [2.45, 2.75) is 33.1 Å². The lowest BCUT2D eigenvalue weighted by Gasteiger charge is -2.12. The van der Waals surface area contributed by atoms with Crippen LogP contribution in [0.1, 0.15) is 35.6 Å². The monoisotopic (exact) mass is 248 g/mol. The Labute approximate surface area is 115 Å². The highest BCUT2D eigenvalue weighted by molar-refractivity contribution is 5.86. The molecule has 1 aromatic carbocycles. The van der Waals surface area contributed by atoms with Crippen LogP contribution in [0.4, 0.5) is 0 Å². The van der Waals surface area contributed by atoms with Gasteiger partial charge in [-0.25, -0.2) is 0 Å². The maximum atomic E-state index is 2.31. The van der Waals surface area contributed by atoms with E-state index in [4.69, 9.17) is 0 Å². The fourth-order valence-corrected chi connectivity index (χ4v) is 3.13. The number of benzene rings is 1. The Morgan fingerprint density at radius 1 is 1.21 bits per heavy atom. The van der Waals surface area contributed by atoms with Gasteiger partial charge in [-0.15, -0.1) is 0 Å². The van der Waals surface area contributed by atoms with Crippen molar-refractivity contribution in [3.05, 3.63) is 76.4 Å². The molecule has 0 atom stereocenters. The van der Waals surface area contributed by atoms with Gasteiger partial charge in [0.2, 0.25) is 0 Å². The third-order valence-corrected chi connectivity index (χ3v) is 4.14. The van der Waals surface area contributed by atoms with E-state index < -0.39 is 0 Å². The number of fused-ring (bicyclic) bond motifs is 2. The van der Waals surface area contributed by atoms with Crippen molar-refractivity contribution in [2.24, 2.45) is 0 Å². The summed E-state index contributed by atoms with van der Waals surface area (Å²) >= 11 is 0. The van der Waals surface area contributed by atoms with Gasteiger partial charge < -0.3 is 0 Å². The lowest BCUT2D eigenvalue weighted by molar-refractivity contribution is 1.06. The van der Waals surface area contributed by atoms with Crippen LogP contribution < -0.4 is 0 Å². The summed E-state index contributed by atoms with van der Waals surface area (Å²) in [7, 11) is 0. The topological polar surface area (TPSA) is 0 Å². The van der Waals surface area contributed by atoms with Crippen LogP contribution in [0.15, 0.2) is 54.2 Å². The molecule has 2 aliphatic carbocycles. The van der Waals surface area contributed by atoms with E-state index in [1.807, 2.05) is 0 Å². The van der Waals surface area contributed by atoms with Crippen LogP contribution >= 0.6 is 0 Å². The van der Waals surface area contributed by atoms with E-state index in [9.17, 15) is 0 Å². The first kappa shape index (κ1) is 12.2. The number of rotatable bonds is 3. The Morgan fingerprint density at radius 3 is 2.95 bits per heavy atom. The van der Waals surface area contributed by atoms with Crippen LogP contribution in [0.2, 0.25) is 0 Å². The molecule has 96 valence electrons. The maximum Gasteiger partial charge on any atom is -0.00456 e. The van der Waals surface area contributed by atoms with Crippen molar-refractivity contribution in [1.29, 1.82) is 0 Å². The van der Waals surface area contributed by atoms with E-state index in [2.05, 4.69) is 62.4 Å². The molecule has 0 spiro atoms. The van der Waals surface area contributed by atoms with Gasteiger partial charge in [-0.3, -0.25) is 0 Å². The van der Waals surface area contributed by atoms with E-state index in [0.717, 1.165) is 19.3 Å². The van der Waals surface area contributed by atoms with Gasteiger partial charge in [0.1, 0.15) is 0 Å². The smallest absolute Gasteiger partial charge is 0.00456 e. The average Bonchev–Trinajstić information content (AvgIpc) is 2.97. The van der Waals surface area contributed by atoms with Crippen LogP contribution in [0.3, 0.4) is 0 Å². The second-order valence-corrected chi connectivity index (χ2v) is 5.35. The highest BCUT2D eigenvalue weighted by Crippen LogP contribution is 2.41. The third kappa shape index (κ3) is 2.12. The molecular formula is C19H20. The Morgan fingerprint density at radius 2 is 2.11 bits per heavy atom. The molecule has 0 saturated heterocycles. The van der Waals surface area contributed by atoms with Crippen LogP contribution in [0.25, 0.3) is 5.57 Å². The highest BCUT2D eigenvalue weighted by Gasteiger charge is 2.24. The summed E-state index contributed by atoms with van der Waals surface area (Å²) in [6, 6.07) is 4.58. The summed E-state index contributed by atoms with van der Waals surface area (Å²) in [5.74, 6) is 0. The summed E-state index contributed by atoms with van der Waals surface area (Å²) in [5, 5.41) is 0. The van der Waals surface area contributed by atoms with E-state index in [1.54, 1.807) is 11.1 Å². The molecule has 0 amide bonds. The minimum absolute atomic E-state index is 1.05. The normalized spacial score (nSPS) is 16.9. The minimum Gasteiger partial charge on any atom is -0.0877 e. The summed E-state index contributed by atoms with van der Waals surface area (Å²) in [4.78, 5) is 0. The van der Waals surface area contributed by atoms with Crippen LogP contribution in [0.5, 0.6) is 0 Å². The summed E-state index contributed by atoms with van der Waals surface area (Å²) < 4.78 is 0. The van der Waals surface area contributed by atoms with Gasteiger partial charge in [0.05, 0.1) is 0 Å². The summed E-state index contributed by atoms with van der Waals surface area (Å²) in [6.07, 6.45) is 16.5. The molecule has 0 aromatic heterocycles. The number of aryl methyl sites for hydroxylation is 1. The van der Waals surface area contributed by atoms with Crippen LogP contribution in [0, 0.1) is 6.92 Å². The number of hydrogen-bond acceptors (Lipinski definition) is 0. The van der Waals surface area contributed by atoms with Gasteiger partial charge in [-0.05, 0) is 60.9 Å². The Bertz CT molecular complexity index is 622. The van der Waals surface area contributed by atoms with Gasteiger partial charge in [0.15, 0.2) is 0 Å². The van der Waals surface area contributed by atoms with Gasteiger partial charge >= 0.3 is 0 Å². The maximum absolute atomic E-state index is 2.31. The predicted octanol–water partition coefficient (Wildman–Crippen LogP) is 4.94. The molecule has 0 N–H and O–H groups in total. The zero-order valence-electron chi connectivity index (χ0n) is 11.7. The standard InChI is InChI=1S/C19H20/c1-3-4-5-6-9-16-14(2)11-12-18-17-10-7-8-15(17)13-19(16)18/h3-7,10-12H,8-9,13H2,1-2H3/b4-3+,6-5-. The lowest BCUT2D eigenvalue weighted by atomic mass is 9.93. The van der Waals surface area contributed by atoms with Crippen LogP contribution in [-0.2, 0) is 12.8 Å². The molecule has 19 heavy (non-hydrogen) atoms. The second kappa shape index (κ2) is 5.05. The van der Waals surface area contributed by atoms with Gasteiger partial charge in [-0.2, -0.15) is 0 Å². The molecule has 3 rings (SSSR count). The third-order valence-electron chi connectivity index (χ3n) is 4.14. The highest BCUT2D eigenvalue weighted by atomic mass is 14.3. The Kier molecular flexibility index (Phi) is 3.25. The van der Waals surface area contributed by atoms with Crippen LogP contribution in [-0.4, -0.2) is 0 Å². The quantitative estimate of drug-likeness (QED) is 0.665. The van der Waals surface area contributed by atoms with Gasteiger partial charge in [0, 0.05) is 0 Å². The molecule has 0 bridgehead atoms. The first-order valence-corrected chi connectivity index (χ1v) is 7.09. The first-order chi connectivity index (χ1) is 9.31.